The minimum Gasteiger partial charge on any atom is -0.494 e. The molecule has 0 saturated heterocycles. The van der Waals surface area contributed by atoms with E-state index in [0.717, 1.165) is 15.6 Å². The molecule has 0 saturated carbocycles. The van der Waals surface area contributed by atoms with Crippen LogP contribution >= 0.6 is 15.9 Å². The standard InChI is InChI=1S/C16H16BrFO2/c1-10-8-12(17)6-7-13(10)14(19)9-11-4-3-5-15(20-2)16(11)18/h3-8,14,19H,9H2,1-2H3. The highest BCUT2D eigenvalue weighted by atomic mass is 79.9. The normalized spacial score (nSPS) is 12.2. The number of ether oxygens (including phenoxy) is 1. The Morgan fingerprint density at radius 3 is 2.70 bits per heavy atom. The number of benzene rings is 2. The molecule has 0 fully saturated rings. The van der Waals surface area contributed by atoms with Gasteiger partial charge in [0.2, 0.25) is 0 Å². The molecule has 0 bridgehead atoms. The van der Waals surface area contributed by atoms with Gasteiger partial charge in [-0.05, 0) is 41.8 Å². The van der Waals surface area contributed by atoms with E-state index in [4.69, 9.17) is 4.74 Å². The molecule has 2 nitrogen and oxygen atoms in total. The molecule has 4 heteroatoms. The molecule has 0 aliphatic heterocycles. The molecular formula is C16H16BrFO2. The van der Waals surface area contributed by atoms with E-state index < -0.39 is 11.9 Å². The first-order chi connectivity index (χ1) is 9.52. The maximum atomic E-state index is 14.1. The summed E-state index contributed by atoms with van der Waals surface area (Å²) < 4.78 is 20.0. The summed E-state index contributed by atoms with van der Waals surface area (Å²) in [5.74, 6) is -0.217. The number of methoxy groups -OCH3 is 1. The summed E-state index contributed by atoms with van der Waals surface area (Å²) in [6.45, 7) is 1.92. The van der Waals surface area contributed by atoms with Crippen LogP contribution in [-0.4, -0.2) is 12.2 Å². The zero-order valence-electron chi connectivity index (χ0n) is 11.4. The largest absolute Gasteiger partial charge is 0.494 e. The molecule has 0 radical (unpaired) electrons. The molecule has 0 aliphatic carbocycles. The van der Waals surface area contributed by atoms with Crippen LogP contribution in [0.2, 0.25) is 0 Å². The van der Waals surface area contributed by atoms with E-state index in [1.54, 1.807) is 18.2 Å². The monoisotopic (exact) mass is 338 g/mol. The van der Waals surface area contributed by atoms with Gasteiger partial charge in [0.1, 0.15) is 0 Å². The number of aliphatic hydroxyl groups is 1. The molecule has 1 atom stereocenters. The maximum absolute atomic E-state index is 14.1. The lowest BCUT2D eigenvalue weighted by molar-refractivity contribution is 0.176. The first kappa shape index (κ1) is 15.0. The highest BCUT2D eigenvalue weighted by Crippen LogP contribution is 2.27. The molecule has 106 valence electrons. The molecule has 2 rings (SSSR count). The van der Waals surface area contributed by atoms with Crippen molar-refractivity contribution < 1.29 is 14.2 Å². The average Bonchev–Trinajstić information content (AvgIpc) is 2.41. The van der Waals surface area contributed by atoms with E-state index in [9.17, 15) is 9.50 Å². The minimum absolute atomic E-state index is 0.197. The number of rotatable bonds is 4. The summed E-state index contributed by atoms with van der Waals surface area (Å²) in [4.78, 5) is 0. The number of hydrogen-bond acceptors (Lipinski definition) is 2. The van der Waals surface area contributed by atoms with Gasteiger partial charge in [0.05, 0.1) is 13.2 Å². The van der Waals surface area contributed by atoms with Crippen LogP contribution in [-0.2, 0) is 6.42 Å². The van der Waals surface area contributed by atoms with E-state index in [-0.39, 0.29) is 12.2 Å². The van der Waals surface area contributed by atoms with Crippen LogP contribution in [0.15, 0.2) is 40.9 Å². The SMILES string of the molecule is COc1cccc(CC(O)c2ccc(Br)cc2C)c1F. The van der Waals surface area contributed by atoms with Crippen LogP contribution in [0.25, 0.3) is 0 Å². The second kappa shape index (κ2) is 6.37. The Balaban J connectivity index is 2.25. The molecular weight excluding hydrogens is 323 g/mol. The lowest BCUT2D eigenvalue weighted by atomic mass is 9.97. The summed E-state index contributed by atoms with van der Waals surface area (Å²) in [5, 5.41) is 10.3. The average molecular weight is 339 g/mol. The van der Waals surface area contributed by atoms with Crippen LogP contribution in [0.5, 0.6) is 5.75 Å². The van der Waals surface area contributed by atoms with E-state index in [1.807, 2.05) is 25.1 Å². The van der Waals surface area contributed by atoms with Gasteiger partial charge in [-0.2, -0.15) is 0 Å². The second-order valence-electron chi connectivity index (χ2n) is 4.65. The number of aliphatic hydroxyl groups excluding tert-OH is 1. The quantitative estimate of drug-likeness (QED) is 0.905. The Hall–Kier alpha value is -1.39. The zero-order valence-corrected chi connectivity index (χ0v) is 12.9. The number of aryl methyl sites for hydroxylation is 1. The third kappa shape index (κ3) is 3.19. The molecule has 0 aliphatic rings. The predicted octanol–water partition coefficient (Wildman–Crippen LogP) is 4.18. The Morgan fingerprint density at radius 2 is 2.05 bits per heavy atom. The van der Waals surface area contributed by atoms with Gasteiger partial charge < -0.3 is 9.84 Å². The molecule has 0 aromatic heterocycles. The van der Waals surface area contributed by atoms with Crippen molar-refractivity contribution in [1.82, 2.24) is 0 Å². The van der Waals surface area contributed by atoms with Crippen molar-refractivity contribution in [3.63, 3.8) is 0 Å². The van der Waals surface area contributed by atoms with Gasteiger partial charge in [-0.15, -0.1) is 0 Å². The third-order valence-corrected chi connectivity index (χ3v) is 3.76. The van der Waals surface area contributed by atoms with Crippen molar-refractivity contribution in [1.29, 1.82) is 0 Å². The van der Waals surface area contributed by atoms with E-state index in [0.29, 0.717) is 5.56 Å². The Bertz CT molecular complexity index is 613. The topological polar surface area (TPSA) is 29.5 Å². The minimum atomic E-state index is -0.746. The highest BCUT2D eigenvalue weighted by Gasteiger charge is 2.16. The molecule has 0 amide bonds. The number of hydrogen-bond donors (Lipinski definition) is 1. The number of halogens is 2. The van der Waals surface area contributed by atoms with Gasteiger partial charge >= 0.3 is 0 Å². The van der Waals surface area contributed by atoms with Crippen molar-refractivity contribution in [2.24, 2.45) is 0 Å². The fourth-order valence-electron chi connectivity index (χ4n) is 2.20. The van der Waals surface area contributed by atoms with Crippen molar-refractivity contribution in [2.75, 3.05) is 7.11 Å². The van der Waals surface area contributed by atoms with Crippen LogP contribution in [0.3, 0.4) is 0 Å². The Kier molecular flexibility index (Phi) is 4.78. The molecule has 1 unspecified atom stereocenters. The molecule has 0 spiro atoms. The summed E-state index contributed by atoms with van der Waals surface area (Å²) in [6, 6.07) is 10.6. The first-order valence-corrected chi connectivity index (χ1v) is 7.07. The molecule has 2 aromatic carbocycles. The van der Waals surface area contributed by atoms with Gasteiger partial charge in [-0.3, -0.25) is 0 Å². The summed E-state index contributed by atoms with van der Waals surface area (Å²) in [5.41, 5.74) is 2.21. The first-order valence-electron chi connectivity index (χ1n) is 6.28. The van der Waals surface area contributed by atoms with Gasteiger partial charge in [0.25, 0.3) is 0 Å². The van der Waals surface area contributed by atoms with Crippen molar-refractivity contribution in [3.8, 4) is 5.75 Å². The van der Waals surface area contributed by atoms with Crippen molar-refractivity contribution >= 4 is 15.9 Å². The van der Waals surface area contributed by atoms with Crippen LogP contribution in [0.1, 0.15) is 22.8 Å². The fraction of sp³-hybridized carbons (Fsp3) is 0.250. The molecule has 0 heterocycles. The molecule has 1 N–H and O–H groups in total. The fourth-order valence-corrected chi connectivity index (χ4v) is 2.68. The second-order valence-corrected chi connectivity index (χ2v) is 5.57. The van der Waals surface area contributed by atoms with E-state index >= 15 is 0 Å². The lowest BCUT2D eigenvalue weighted by Crippen LogP contribution is -2.06. The third-order valence-electron chi connectivity index (χ3n) is 3.27. The molecule has 2 aromatic rings. The lowest BCUT2D eigenvalue weighted by Gasteiger charge is -2.15. The summed E-state index contributed by atoms with van der Waals surface area (Å²) in [6.07, 6.45) is -0.532. The zero-order chi connectivity index (χ0) is 14.7. The smallest absolute Gasteiger partial charge is 0.168 e. The summed E-state index contributed by atoms with van der Waals surface area (Å²) >= 11 is 3.38. The Morgan fingerprint density at radius 1 is 1.30 bits per heavy atom. The van der Waals surface area contributed by atoms with Gasteiger partial charge in [0, 0.05) is 10.9 Å². The van der Waals surface area contributed by atoms with Crippen LogP contribution < -0.4 is 4.74 Å². The Labute approximate surface area is 126 Å². The van der Waals surface area contributed by atoms with Gasteiger partial charge in [-0.1, -0.05) is 34.1 Å². The van der Waals surface area contributed by atoms with E-state index in [1.165, 1.54) is 7.11 Å². The van der Waals surface area contributed by atoms with Gasteiger partial charge in [-0.25, -0.2) is 4.39 Å². The van der Waals surface area contributed by atoms with Crippen LogP contribution in [0, 0.1) is 12.7 Å². The van der Waals surface area contributed by atoms with Crippen molar-refractivity contribution in [3.05, 3.63) is 63.4 Å². The highest BCUT2D eigenvalue weighted by molar-refractivity contribution is 9.10. The van der Waals surface area contributed by atoms with E-state index in [2.05, 4.69) is 15.9 Å². The van der Waals surface area contributed by atoms with Crippen molar-refractivity contribution in [2.45, 2.75) is 19.4 Å². The maximum Gasteiger partial charge on any atom is 0.168 e. The predicted molar refractivity (Wildman–Crippen MR) is 80.5 cm³/mol. The molecule has 20 heavy (non-hydrogen) atoms. The van der Waals surface area contributed by atoms with Gasteiger partial charge in [0.15, 0.2) is 11.6 Å². The summed E-state index contributed by atoms with van der Waals surface area (Å²) in [7, 11) is 1.43. The van der Waals surface area contributed by atoms with Crippen LogP contribution in [0.4, 0.5) is 4.39 Å².